The summed E-state index contributed by atoms with van der Waals surface area (Å²) in [6.07, 6.45) is 6.64. The number of hydrogen-bond acceptors (Lipinski definition) is 7. The van der Waals surface area contributed by atoms with Crippen LogP contribution in [0.3, 0.4) is 0 Å². The van der Waals surface area contributed by atoms with Crippen molar-refractivity contribution in [3.05, 3.63) is 83.9 Å². The smallest absolute Gasteiger partial charge is 0.328 e. The molecule has 0 radical (unpaired) electrons. The van der Waals surface area contributed by atoms with Gasteiger partial charge in [0.25, 0.3) is 0 Å². The molecule has 0 fully saturated rings. The molecule has 6 nitrogen and oxygen atoms in total. The minimum Gasteiger partial charge on any atom is -0.494 e. The number of rotatable bonds is 14. The Bertz CT molecular complexity index is 1390. The van der Waals surface area contributed by atoms with E-state index in [0.29, 0.717) is 6.42 Å². The third-order valence-electron chi connectivity index (χ3n) is 7.26. The summed E-state index contributed by atoms with van der Waals surface area (Å²) in [4.78, 5) is 12.6. The molecular formula is C35H43N3O3S. The first-order valence-corrected chi connectivity index (χ1v) is 15.7. The Morgan fingerprint density at radius 3 is 2.00 bits per heavy atom. The van der Waals surface area contributed by atoms with Crippen LogP contribution in [0.4, 0.5) is 5.69 Å². The van der Waals surface area contributed by atoms with Crippen LogP contribution in [0.1, 0.15) is 70.9 Å². The molecule has 4 aromatic rings. The number of aromatic nitrogens is 2. The molecule has 222 valence electrons. The number of hydrogen-bond donors (Lipinski definition) is 1. The normalized spacial score (nSPS) is 12.1. The summed E-state index contributed by atoms with van der Waals surface area (Å²) in [5.41, 5.74) is 5.24. The van der Waals surface area contributed by atoms with E-state index in [4.69, 9.17) is 9.47 Å². The van der Waals surface area contributed by atoms with Crippen molar-refractivity contribution in [3.63, 3.8) is 0 Å². The van der Waals surface area contributed by atoms with Crippen molar-refractivity contribution in [2.75, 3.05) is 19.0 Å². The van der Waals surface area contributed by atoms with E-state index >= 15 is 0 Å². The second kappa shape index (κ2) is 15.0. The SMILES string of the molecule is CCCCCCCOc1ccc(-c2nnc(-c3ccc(CC(Nc4ccc(C(C)(C)C)cc4)C(=O)OC)cc3)s2)cc1. The minimum absolute atomic E-state index is 0.0717. The summed E-state index contributed by atoms with van der Waals surface area (Å²) >= 11 is 1.56. The van der Waals surface area contributed by atoms with Crippen LogP contribution in [-0.4, -0.2) is 35.9 Å². The van der Waals surface area contributed by atoms with Gasteiger partial charge in [0.15, 0.2) is 0 Å². The van der Waals surface area contributed by atoms with Gasteiger partial charge in [-0.15, -0.1) is 10.2 Å². The van der Waals surface area contributed by atoms with Gasteiger partial charge in [-0.25, -0.2) is 4.79 Å². The van der Waals surface area contributed by atoms with Gasteiger partial charge in [-0.2, -0.15) is 0 Å². The van der Waals surface area contributed by atoms with Crippen molar-refractivity contribution in [2.45, 2.75) is 77.7 Å². The first-order chi connectivity index (χ1) is 20.3. The van der Waals surface area contributed by atoms with Gasteiger partial charge in [0, 0.05) is 23.2 Å². The van der Waals surface area contributed by atoms with Crippen LogP contribution in [0.15, 0.2) is 72.8 Å². The highest BCUT2D eigenvalue weighted by molar-refractivity contribution is 7.17. The van der Waals surface area contributed by atoms with Crippen LogP contribution in [0.2, 0.25) is 0 Å². The number of anilines is 1. The molecule has 0 bridgehead atoms. The van der Waals surface area contributed by atoms with Gasteiger partial charge in [-0.3, -0.25) is 0 Å². The van der Waals surface area contributed by atoms with E-state index in [-0.39, 0.29) is 11.4 Å². The minimum atomic E-state index is -0.498. The molecule has 0 spiro atoms. The zero-order valence-corrected chi connectivity index (χ0v) is 26.3. The number of nitrogens with one attached hydrogen (secondary N) is 1. The molecule has 0 aliphatic heterocycles. The topological polar surface area (TPSA) is 73.3 Å². The lowest BCUT2D eigenvalue weighted by Crippen LogP contribution is -2.32. The molecule has 42 heavy (non-hydrogen) atoms. The van der Waals surface area contributed by atoms with Gasteiger partial charge >= 0.3 is 5.97 Å². The zero-order valence-electron chi connectivity index (χ0n) is 25.5. The lowest BCUT2D eigenvalue weighted by atomic mass is 9.87. The molecule has 0 amide bonds. The van der Waals surface area contributed by atoms with Gasteiger partial charge in [0.1, 0.15) is 21.8 Å². The number of esters is 1. The Hall–Kier alpha value is -3.71. The summed E-state index contributed by atoms with van der Waals surface area (Å²) < 4.78 is 11.0. The van der Waals surface area contributed by atoms with Gasteiger partial charge in [-0.05, 0) is 59.4 Å². The number of carbonyl (C=O) groups excluding carboxylic acids is 1. The molecule has 1 N–H and O–H groups in total. The largest absolute Gasteiger partial charge is 0.494 e. The third-order valence-corrected chi connectivity index (χ3v) is 8.28. The van der Waals surface area contributed by atoms with Crippen LogP contribution in [0.25, 0.3) is 21.1 Å². The van der Waals surface area contributed by atoms with Crippen LogP contribution in [0.5, 0.6) is 5.75 Å². The van der Waals surface area contributed by atoms with E-state index in [2.05, 4.69) is 55.3 Å². The average molecular weight is 586 g/mol. The maximum absolute atomic E-state index is 12.6. The van der Waals surface area contributed by atoms with E-state index in [1.165, 1.54) is 38.4 Å². The summed E-state index contributed by atoms with van der Waals surface area (Å²) in [6.45, 7) is 9.53. The highest BCUT2D eigenvalue weighted by Gasteiger charge is 2.21. The quantitative estimate of drug-likeness (QED) is 0.118. The number of unbranched alkanes of at least 4 members (excludes halogenated alkanes) is 4. The van der Waals surface area contributed by atoms with E-state index in [9.17, 15) is 4.79 Å². The Kier molecular flexibility index (Phi) is 11.1. The predicted molar refractivity (Wildman–Crippen MR) is 173 cm³/mol. The van der Waals surface area contributed by atoms with Crippen molar-refractivity contribution < 1.29 is 14.3 Å². The molecule has 4 rings (SSSR count). The van der Waals surface area contributed by atoms with E-state index in [0.717, 1.165) is 51.2 Å². The Labute approximate surface area is 254 Å². The van der Waals surface area contributed by atoms with E-state index < -0.39 is 6.04 Å². The van der Waals surface area contributed by atoms with Crippen molar-refractivity contribution in [2.24, 2.45) is 0 Å². The molecule has 0 saturated carbocycles. The maximum atomic E-state index is 12.6. The molecule has 1 unspecified atom stereocenters. The molecular weight excluding hydrogens is 542 g/mol. The number of ether oxygens (including phenoxy) is 2. The van der Waals surface area contributed by atoms with Gasteiger partial charge in [-0.1, -0.05) is 101 Å². The summed E-state index contributed by atoms with van der Waals surface area (Å²) in [7, 11) is 1.42. The summed E-state index contributed by atoms with van der Waals surface area (Å²) in [5.74, 6) is 0.590. The highest BCUT2D eigenvalue weighted by atomic mass is 32.1. The first kappa shape index (κ1) is 31.2. The lowest BCUT2D eigenvalue weighted by molar-refractivity contribution is -0.141. The fourth-order valence-electron chi connectivity index (χ4n) is 4.67. The molecule has 0 aliphatic rings. The number of nitrogens with zero attached hydrogens (tertiary/aromatic N) is 2. The van der Waals surface area contributed by atoms with Crippen molar-refractivity contribution in [1.29, 1.82) is 0 Å². The van der Waals surface area contributed by atoms with Crippen LogP contribution in [-0.2, 0) is 21.4 Å². The molecule has 1 heterocycles. The van der Waals surface area contributed by atoms with Gasteiger partial charge in [0.05, 0.1) is 13.7 Å². The Balaban J connectivity index is 1.35. The Morgan fingerprint density at radius 2 is 1.43 bits per heavy atom. The Morgan fingerprint density at radius 1 is 0.833 bits per heavy atom. The zero-order chi connectivity index (χ0) is 30.0. The molecule has 0 aliphatic carbocycles. The average Bonchev–Trinajstić information content (AvgIpc) is 3.49. The molecule has 1 aromatic heterocycles. The van der Waals surface area contributed by atoms with Crippen molar-refractivity contribution in [1.82, 2.24) is 10.2 Å². The number of methoxy groups -OCH3 is 1. The van der Waals surface area contributed by atoms with Crippen LogP contribution < -0.4 is 10.1 Å². The lowest BCUT2D eigenvalue weighted by Gasteiger charge is -2.21. The number of carbonyl (C=O) groups is 1. The maximum Gasteiger partial charge on any atom is 0.328 e. The molecule has 0 saturated heterocycles. The monoisotopic (exact) mass is 585 g/mol. The molecule has 7 heteroatoms. The standard InChI is InChI=1S/C35H43N3O3S/c1-6-7-8-9-10-23-41-30-21-15-27(16-22-30)33-38-37-32(42-33)26-13-11-25(12-14-26)24-31(34(39)40-5)36-29-19-17-28(18-20-29)35(2,3)4/h11-22,31,36H,6-10,23-24H2,1-5H3. The highest BCUT2D eigenvalue weighted by Crippen LogP contribution is 2.31. The molecule has 1 atom stereocenters. The molecule has 3 aromatic carbocycles. The first-order valence-electron chi connectivity index (χ1n) is 14.9. The van der Waals surface area contributed by atoms with Crippen molar-refractivity contribution in [3.8, 4) is 26.9 Å². The van der Waals surface area contributed by atoms with Crippen molar-refractivity contribution >= 4 is 23.0 Å². The second-order valence-electron chi connectivity index (χ2n) is 11.6. The third kappa shape index (κ3) is 8.89. The van der Waals surface area contributed by atoms with Crippen LogP contribution in [0, 0.1) is 0 Å². The van der Waals surface area contributed by atoms with Gasteiger partial charge in [0.2, 0.25) is 0 Å². The number of benzene rings is 3. The predicted octanol–water partition coefficient (Wildman–Crippen LogP) is 8.72. The van der Waals surface area contributed by atoms with E-state index in [1.807, 2.05) is 60.7 Å². The fourth-order valence-corrected chi connectivity index (χ4v) is 5.52. The van der Waals surface area contributed by atoms with Gasteiger partial charge < -0.3 is 14.8 Å². The van der Waals surface area contributed by atoms with Crippen LogP contribution >= 0.6 is 11.3 Å². The summed E-state index contributed by atoms with van der Waals surface area (Å²) in [6, 6.07) is 23.9. The second-order valence-corrected chi connectivity index (χ2v) is 12.6. The summed E-state index contributed by atoms with van der Waals surface area (Å²) in [5, 5.41) is 13.9. The van der Waals surface area contributed by atoms with E-state index in [1.54, 1.807) is 11.3 Å². The fraction of sp³-hybridized carbons (Fsp3) is 0.400.